The molecule has 0 radical (unpaired) electrons. The van der Waals surface area contributed by atoms with E-state index in [1.165, 1.54) is 0 Å². The van der Waals surface area contributed by atoms with Gasteiger partial charge in [-0.25, -0.2) is 14.3 Å². The molecule has 3 heterocycles. The Balaban J connectivity index is 1.48. The van der Waals surface area contributed by atoms with E-state index in [1.54, 1.807) is 47.2 Å². The fraction of sp³-hybridized carbons (Fsp3) is 0.333. The quantitative estimate of drug-likeness (QED) is 0.527. The molecule has 0 saturated carbocycles. The summed E-state index contributed by atoms with van der Waals surface area (Å²) in [6, 6.07) is 12.5. The van der Waals surface area contributed by atoms with Crippen LogP contribution in [0, 0.1) is 0 Å². The minimum absolute atomic E-state index is 0.0316. The molecule has 33 heavy (non-hydrogen) atoms. The van der Waals surface area contributed by atoms with Crippen molar-refractivity contribution in [3.63, 3.8) is 0 Å². The van der Waals surface area contributed by atoms with Crippen molar-refractivity contribution >= 4 is 17.7 Å². The first-order valence-electron chi connectivity index (χ1n) is 11.0. The number of carbonyl (C=O) groups excluding carboxylic acids is 2. The number of amides is 2. The summed E-state index contributed by atoms with van der Waals surface area (Å²) in [7, 11) is 0. The highest BCUT2D eigenvalue weighted by atomic mass is 16.5. The molecular weight excluding hydrogens is 422 g/mol. The number of nitrogens with one attached hydrogen (secondary N) is 1. The fourth-order valence-electron chi connectivity index (χ4n) is 3.68. The third-order valence-corrected chi connectivity index (χ3v) is 5.27. The van der Waals surface area contributed by atoms with Gasteiger partial charge in [-0.1, -0.05) is 12.1 Å². The lowest BCUT2D eigenvalue weighted by Gasteiger charge is -2.26. The average molecular weight is 450 g/mol. The van der Waals surface area contributed by atoms with E-state index in [1.807, 2.05) is 30.3 Å². The highest BCUT2D eigenvalue weighted by Crippen LogP contribution is 2.18. The first-order valence-corrected chi connectivity index (χ1v) is 11.0. The molecule has 1 saturated heterocycles. The van der Waals surface area contributed by atoms with Crippen molar-refractivity contribution < 1.29 is 19.1 Å². The molecule has 2 aromatic heterocycles. The highest BCUT2D eigenvalue weighted by molar-refractivity contribution is 5.90. The number of benzene rings is 1. The second kappa shape index (κ2) is 10.7. The molecule has 9 heteroatoms. The minimum atomic E-state index is -0.471. The van der Waals surface area contributed by atoms with Gasteiger partial charge >= 0.3 is 12.0 Å². The van der Waals surface area contributed by atoms with E-state index < -0.39 is 5.97 Å². The Hall–Kier alpha value is -3.72. The van der Waals surface area contributed by atoms with Crippen molar-refractivity contribution in [2.75, 3.05) is 25.1 Å². The topological polar surface area (TPSA) is 98.6 Å². The summed E-state index contributed by atoms with van der Waals surface area (Å²) in [6.07, 6.45) is 7.13. The normalized spacial score (nSPS) is 15.2. The van der Waals surface area contributed by atoms with Crippen molar-refractivity contribution in [2.24, 2.45) is 0 Å². The van der Waals surface area contributed by atoms with Gasteiger partial charge in [0.1, 0.15) is 0 Å². The van der Waals surface area contributed by atoms with Gasteiger partial charge in [-0.05, 0) is 55.7 Å². The van der Waals surface area contributed by atoms with Crippen molar-refractivity contribution in [1.82, 2.24) is 19.7 Å². The Labute approximate surface area is 192 Å². The molecule has 1 N–H and O–H groups in total. The van der Waals surface area contributed by atoms with E-state index in [0.717, 1.165) is 25.0 Å². The maximum Gasteiger partial charge on any atom is 0.358 e. The Bertz CT molecular complexity index is 1080. The van der Waals surface area contributed by atoms with Crippen molar-refractivity contribution in [3.8, 4) is 5.69 Å². The number of hydrogen-bond donors (Lipinski definition) is 1. The van der Waals surface area contributed by atoms with Gasteiger partial charge in [0.05, 0.1) is 18.4 Å². The SMILES string of the molecule is CCOC(=O)c1ccn(-c2cccc(NC(=O)N(Cc3cccnc3)C[C@@H]3CCCO3)c2)n1. The van der Waals surface area contributed by atoms with Gasteiger partial charge in [0.25, 0.3) is 0 Å². The van der Waals surface area contributed by atoms with Crippen LogP contribution in [0.5, 0.6) is 0 Å². The second-order valence-electron chi connectivity index (χ2n) is 7.72. The summed E-state index contributed by atoms with van der Waals surface area (Å²) in [6.45, 7) is 3.70. The number of ether oxygens (including phenoxy) is 2. The Morgan fingerprint density at radius 3 is 2.94 bits per heavy atom. The van der Waals surface area contributed by atoms with Crippen molar-refractivity contribution in [1.29, 1.82) is 0 Å². The molecule has 4 rings (SSSR count). The molecule has 0 bridgehead atoms. The molecule has 1 aliphatic heterocycles. The van der Waals surface area contributed by atoms with Crippen LogP contribution in [-0.4, -0.2) is 57.5 Å². The molecule has 0 unspecified atom stereocenters. The molecule has 172 valence electrons. The van der Waals surface area contributed by atoms with Gasteiger partial charge in [-0.15, -0.1) is 0 Å². The molecule has 3 aromatic rings. The summed E-state index contributed by atoms with van der Waals surface area (Å²) < 4.78 is 12.3. The van der Waals surface area contributed by atoms with Crippen LogP contribution in [0.3, 0.4) is 0 Å². The number of esters is 1. The standard InChI is InChI=1S/C24H27N5O4/c1-2-32-23(30)22-10-12-29(27-22)20-8-3-7-19(14-20)26-24(31)28(17-21-9-5-13-33-21)16-18-6-4-11-25-15-18/h3-4,6-8,10-12,14-15,21H,2,5,9,13,16-17H2,1H3,(H,26,31)/t21-/m0/s1. The lowest BCUT2D eigenvalue weighted by molar-refractivity contribution is 0.0519. The van der Waals surface area contributed by atoms with E-state index in [0.29, 0.717) is 24.5 Å². The van der Waals surface area contributed by atoms with E-state index in [-0.39, 0.29) is 24.4 Å². The largest absolute Gasteiger partial charge is 0.461 e. The molecule has 1 atom stereocenters. The molecule has 1 aliphatic rings. The van der Waals surface area contributed by atoms with Gasteiger partial charge in [0, 0.05) is 44.0 Å². The van der Waals surface area contributed by atoms with Crippen LogP contribution in [0.2, 0.25) is 0 Å². The summed E-state index contributed by atoms with van der Waals surface area (Å²) in [4.78, 5) is 31.0. The van der Waals surface area contributed by atoms with Crippen LogP contribution in [0.4, 0.5) is 10.5 Å². The maximum absolute atomic E-state index is 13.2. The van der Waals surface area contributed by atoms with E-state index in [2.05, 4.69) is 15.4 Å². The van der Waals surface area contributed by atoms with Crippen LogP contribution >= 0.6 is 0 Å². The Morgan fingerprint density at radius 1 is 1.27 bits per heavy atom. The van der Waals surface area contributed by atoms with Crippen LogP contribution in [-0.2, 0) is 16.0 Å². The number of aromatic nitrogens is 3. The number of anilines is 1. The second-order valence-corrected chi connectivity index (χ2v) is 7.72. The molecule has 2 amide bonds. The summed E-state index contributed by atoms with van der Waals surface area (Å²) in [5.41, 5.74) is 2.50. The van der Waals surface area contributed by atoms with Gasteiger partial charge in [0.2, 0.25) is 0 Å². The van der Waals surface area contributed by atoms with Crippen LogP contribution in [0.1, 0.15) is 35.8 Å². The number of hydrogen-bond acceptors (Lipinski definition) is 6. The van der Waals surface area contributed by atoms with Gasteiger partial charge in [-0.3, -0.25) is 4.98 Å². The Kier molecular flexibility index (Phi) is 7.31. The Morgan fingerprint density at radius 2 is 2.18 bits per heavy atom. The number of rotatable bonds is 8. The molecule has 9 nitrogen and oxygen atoms in total. The van der Waals surface area contributed by atoms with Crippen LogP contribution < -0.4 is 5.32 Å². The monoisotopic (exact) mass is 449 g/mol. The van der Waals surface area contributed by atoms with E-state index in [4.69, 9.17) is 9.47 Å². The van der Waals surface area contributed by atoms with E-state index >= 15 is 0 Å². The molecule has 1 aromatic carbocycles. The molecule has 0 aliphatic carbocycles. The lowest BCUT2D eigenvalue weighted by Crippen LogP contribution is -2.39. The first kappa shape index (κ1) is 22.5. The molecule has 0 spiro atoms. The van der Waals surface area contributed by atoms with Crippen molar-refractivity contribution in [3.05, 3.63) is 72.3 Å². The zero-order valence-electron chi connectivity index (χ0n) is 18.5. The third-order valence-electron chi connectivity index (χ3n) is 5.27. The zero-order chi connectivity index (χ0) is 23.0. The van der Waals surface area contributed by atoms with Gasteiger partial charge in [0.15, 0.2) is 5.69 Å². The van der Waals surface area contributed by atoms with Crippen LogP contribution in [0.15, 0.2) is 61.1 Å². The smallest absolute Gasteiger partial charge is 0.358 e. The van der Waals surface area contributed by atoms with E-state index in [9.17, 15) is 9.59 Å². The lowest BCUT2D eigenvalue weighted by atomic mass is 10.2. The zero-order valence-corrected chi connectivity index (χ0v) is 18.5. The third kappa shape index (κ3) is 5.95. The van der Waals surface area contributed by atoms with Crippen molar-refractivity contribution in [2.45, 2.75) is 32.4 Å². The summed E-state index contributed by atoms with van der Waals surface area (Å²) >= 11 is 0. The number of nitrogens with zero attached hydrogens (tertiary/aromatic N) is 4. The van der Waals surface area contributed by atoms with Gasteiger partial charge in [-0.2, -0.15) is 5.10 Å². The average Bonchev–Trinajstić information content (AvgIpc) is 3.52. The molecule has 1 fully saturated rings. The van der Waals surface area contributed by atoms with Gasteiger partial charge < -0.3 is 19.7 Å². The van der Waals surface area contributed by atoms with Crippen LogP contribution in [0.25, 0.3) is 5.69 Å². The predicted molar refractivity (Wildman–Crippen MR) is 122 cm³/mol. The summed E-state index contributed by atoms with van der Waals surface area (Å²) in [5, 5.41) is 7.25. The predicted octanol–water partition coefficient (Wildman–Crippen LogP) is 3.66. The minimum Gasteiger partial charge on any atom is -0.461 e. The number of urea groups is 1. The molecular formula is C24H27N5O4. The fourth-order valence-corrected chi connectivity index (χ4v) is 3.68. The first-order chi connectivity index (χ1) is 16.1. The number of pyridine rings is 1. The maximum atomic E-state index is 13.2. The number of carbonyl (C=O) groups is 2. The summed E-state index contributed by atoms with van der Waals surface area (Å²) in [5.74, 6) is -0.471. The highest BCUT2D eigenvalue weighted by Gasteiger charge is 2.23.